The van der Waals surface area contributed by atoms with Gasteiger partial charge in [-0.2, -0.15) is 0 Å². The van der Waals surface area contributed by atoms with Crippen LogP contribution in [0.5, 0.6) is 0 Å². The fraction of sp³-hybridized carbons (Fsp3) is 0.200. The van der Waals surface area contributed by atoms with Crippen LogP contribution in [0.4, 0.5) is 4.79 Å². The van der Waals surface area contributed by atoms with Gasteiger partial charge in [-0.25, -0.2) is 14.6 Å². The molecule has 0 bridgehead atoms. The highest BCUT2D eigenvalue weighted by Gasteiger charge is 2.47. The van der Waals surface area contributed by atoms with Gasteiger partial charge in [0.15, 0.2) is 5.78 Å². The second kappa shape index (κ2) is 6.92. The first kappa shape index (κ1) is 17.5. The first-order valence-corrected chi connectivity index (χ1v) is 8.24. The Morgan fingerprint density at radius 2 is 1.54 bits per heavy atom. The van der Waals surface area contributed by atoms with Gasteiger partial charge in [-0.15, -0.1) is 0 Å². The number of benzene rings is 2. The minimum atomic E-state index is -0.974. The first-order valence-electron chi connectivity index (χ1n) is 8.24. The van der Waals surface area contributed by atoms with Crippen molar-refractivity contribution in [3.8, 4) is 0 Å². The molecule has 1 fully saturated rings. The molecule has 2 aromatic rings. The summed E-state index contributed by atoms with van der Waals surface area (Å²) in [6.07, 6.45) is 0. The van der Waals surface area contributed by atoms with Gasteiger partial charge in [0.1, 0.15) is 0 Å². The zero-order valence-corrected chi connectivity index (χ0v) is 14.5. The van der Waals surface area contributed by atoms with E-state index in [1.807, 2.05) is 13.0 Å². The second-order valence-electron chi connectivity index (χ2n) is 6.22. The van der Waals surface area contributed by atoms with Crippen molar-refractivity contribution in [2.75, 3.05) is 6.54 Å². The molecule has 0 radical (unpaired) electrons. The van der Waals surface area contributed by atoms with Crippen molar-refractivity contribution in [3.63, 3.8) is 0 Å². The van der Waals surface area contributed by atoms with E-state index in [2.05, 4.69) is 0 Å². The number of imide groups is 2. The molecule has 0 aromatic heterocycles. The lowest BCUT2D eigenvalue weighted by Crippen LogP contribution is -2.37. The fourth-order valence-corrected chi connectivity index (χ4v) is 2.86. The van der Waals surface area contributed by atoms with Gasteiger partial charge >= 0.3 is 17.8 Å². The average molecular weight is 350 g/mol. The van der Waals surface area contributed by atoms with Crippen molar-refractivity contribution in [3.05, 3.63) is 71.3 Å². The predicted octanol–water partition coefficient (Wildman–Crippen LogP) is 2.73. The number of rotatable bonds is 5. The van der Waals surface area contributed by atoms with Gasteiger partial charge in [0.2, 0.25) is 0 Å². The monoisotopic (exact) mass is 350 g/mol. The number of hydrogen-bond acceptors (Lipinski definition) is 4. The lowest BCUT2D eigenvalue weighted by molar-refractivity contribution is -0.143. The van der Waals surface area contributed by atoms with Gasteiger partial charge < -0.3 is 0 Å². The van der Waals surface area contributed by atoms with Gasteiger partial charge in [-0.05, 0) is 19.4 Å². The largest absolute Gasteiger partial charge is 0.335 e. The van der Waals surface area contributed by atoms with Crippen molar-refractivity contribution < 1.29 is 19.2 Å². The lowest BCUT2D eigenvalue weighted by atomic mass is 10.1. The number of ketones is 1. The maximum absolute atomic E-state index is 12.6. The molecular formula is C20H18N2O4. The number of hydrogen-bond donors (Lipinski definition) is 0. The van der Waals surface area contributed by atoms with Crippen molar-refractivity contribution in [1.82, 2.24) is 9.80 Å². The smallest absolute Gasteiger partial charge is 0.292 e. The molecule has 6 nitrogen and oxygen atoms in total. The predicted molar refractivity (Wildman–Crippen MR) is 94.3 cm³/mol. The standard InChI is InChI=1S/C20H18N2O4/c1-13-8-10-16(11-9-13)17(23)12-21-18(24)19(25)22(20(21)26)14(2)15-6-4-3-5-7-15/h3-11,14H,12H2,1-2H3. The van der Waals surface area contributed by atoms with Crippen LogP contribution >= 0.6 is 0 Å². The summed E-state index contributed by atoms with van der Waals surface area (Å²) >= 11 is 0. The van der Waals surface area contributed by atoms with Gasteiger partial charge in [0.05, 0.1) is 12.6 Å². The van der Waals surface area contributed by atoms with Crippen molar-refractivity contribution >= 4 is 23.6 Å². The first-order chi connectivity index (χ1) is 12.4. The van der Waals surface area contributed by atoms with E-state index in [1.165, 1.54) is 0 Å². The van der Waals surface area contributed by atoms with E-state index in [0.29, 0.717) is 10.5 Å². The summed E-state index contributed by atoms with van der Waals surface area (Å²) in [7, 11) is 0. The molecule has 0 aliphatic carbocycles. The Labute approximate surface area is 151 Å². The Hall–Kier alpha value is -3.28. The van der Waals surface area contributed by atoms with E-state index in [0.717, 1.165) is 16.0 Å². The zero-order chi connectivity index (χ0) is 18.8. The van der Waals surface area contributed by atoms with Crippen molar-refractivity contribution in [1.29, 1.82) is 0 Å². The molecule has 4 amide bonds. The molecule has 3 rings (SSSR count). The Kier molecular flexibility index (Phi) is 4.67. The number of nitrogens with zero attached hydrogens (tertiary/aromatic N) is 2. The van der Waals surface area contributed by atoms with Crippen LogP contribution in [0.3, 0.4) is 0 Å². The molecule has 1 saturated heterocycles. The number of Topliss-reactive ketones (excluding diaryl/α,β-unsaturated/α-hetero) is 1. The van der Waals surface area contributed by atoms with Gasteiger partial charge in [-0.1, -0.05) is 60.2 Å². The van der Waals surface area contributed by atoms with Crippen LogP contribution < -0.4 is 0 Å². The highest BCUT2D eigenvalue weighted by Crippen LogP contribution is 2.26. The molecule has 1 aliphatic heterocycles. The molecule has 0 N–H and O–H groups in total. The zero-order valence-electron chi connectivity index (χ0n) is 14.5. The van der Waals surface area contributed by atoms with Gasteiger partial charge in [-0.3, -0.25) is 14.4 Å². The Morgan fingerprint density at radius 3 is 2.15 bits per heavy atom. The Morgan fingerprint density at radius 1 is 0.923 bits per heavy atom. The number of carbonyl (C=O) groups is 4. The third kappa shape index (κ3) is 3.13. The summed E-state index contributed by atoms with van der Waals surface area (Å²) in [5.41, 5.74) is 2.11. The minimum absolute atomic E-state index is 0.387. The number of urea groups is 1. The van der Waals surface area contributed by atoms with E-state index >= 15 is 0 Å². The molecule has 0 saturated carbocycles. The highest BCUT2D eigenvalue weighted by molar-refractivity contribution is 6.45. The van der Waals surface area contributed by atoms with E-state index in [4.69, 9.17) is 0 Å². The minimum Gasteiger partial charge on any atom is -0.292 e. The van der Waals surface area contributed by atoms with Crippen LogP contribution in [0.15, 0.2) is 54.6 Å². The van der Waals surface area contributed by atoms with E-state index in [9.17, 15) is 19.2 Å². The average Bonchev–Trinajstić information content (AvgIpc) is 2.86. The van der Waals surface area contributed by atoms with Crippen molar-refractivity contribution in [2.45, 2.75) is 19.9 Å². The summed E-state index contributed by atoms with van der Waals surface area (Å²) in [5.74, 6) is -2.28. The number of carbonyl (C=O) groups excluding carboxylic acids is 4. The molecule has 132 valence electrons. The third-order valence-electron chi connectivity index (χ3n) is 4.43. The Bertz CT molecular complexity index is 874. The molecule has 26 heavy (non-hydrogen) atoms. The fourth-order valence-electron chi connectivity index (χ4n) is 2.86. The van der Waals surface area contributed by atoms with Crippen LogP contribution in [0.1, 0.15) is 34.5 Å². The van der Waals surface area contributed by atoms with E-state index in [-0.39, 0.29) is 0 Å². The van der Waals surface area contributed by atoms with Crippen LogP contribution in [0.25, 0.3) is 0 Å². The third-order valence-corrected chi connectivity index (χ3v) is 4.43. The van der Waals surface area contributed by atoms with E-state index < -0.39 is 36.2 Å². The molecule has 1 atom stereocenters. The molecular weight excluding hydrogens is 332 g/mol. The summed E-state index contributed by atoms with van der Waals surface area (Å²) in [4.78, 5) is 51.2. The number of amides is 4. The summed E-state index contributed by atoms with van der Waals surface area (Å²) in [6, 6.07) is 14.4. The molecule has 1 unspecified atom stereocenters. The van der Waals surface area contributed by atoms with Crippen LogP contribution in [-0.2, 0) is 9.59 Å². The van der Waals surface area contributed by atoms with Crippen LogP contribution in [0.2, 0.25) is 0 Å². The molecule has 1 heterocycles. The maximum atomic E-state index is 12.6. The summed E-state index contributed by atoms with van der Waals surface area (Å²) in [5, 5.41) is 0. The maximum Gasteiger partial charge on any atom is 0.335 e. The topological polar surface area (TPSA) is 74.8 Å². The summed E-state index contributed by atoms with van der Waals surface area (Å²) in [6.45, 7) is 3.11. The molecule has 0 spiro atoms. The SMILES string of the molecule is Cc1ccc(C(=O)CN2C(=O)C(=O)N(C(C)c3ccccc3)C2=O)cc1. The van der Waals surface area contributed by atoms with Gasteiger partial charge in [0.25, 0.3) is 0 Å². The summed E-state index contributed by atoms with van der Waals surface area (Å²) < 4.78 is 0. The van der Waals surface area contributed by atoms with Crippen LogP contribution in [-0.4, -0.2) is 40.0 Å². The Balaban J connectivity index is 1.80. The molecule has 2 aromatic carbocycles. The normalized spacial score (nSPS) is 15.5. The molecule has 1 aliphatic rings. The highest BCUT2D eigenvalue weighted by atomic mass is 16.2. The van der Waals surface area contributed by atoms with Crippen molar-refractivity contribution in [2.24, 2.45) is 0 Å². The van der Waals surface area contributed by atoms with Crippen LogP contribution in [0, 0.1) is 6.92 Å². The molecule has 6 heteroatoms. The second-order valence-corrected chi connectivity index (χ2v) is 6.22. The quantitative estimate of drug-likeness (QED) is 0.472. The van der Waals surface area contributed by atoms with E-state index in [1.54, 1.807) is 55.5 Å². The van der Waals surface area contributed by atoms with Gasteiger partial charge in [0, 0.05) is 5.56 Å². The number of aryl methyl sites for hydroxylation is 1. The lowest BCUT2D eigenvalue weighted by Gasteiger charge is -2.22.